The molecule has 2 aliphatic rings. The molecule has 1 aliphatic heterocycles. The molecule has 0 saturated carbocycles. The molecule has 0 atom stereocenters. The van der Waals surface area contributed by atoms with Crippen molar-refractivity contribution in [2.75, 3.05) is 0 Å². The number of nitrogens with zero attached hydrogens (tertiary/aromatic N) is 1. The third-order valence-electron chi connectivity index (χ3n) is 3.97. The van der Waals surface area contributed by atoms with Crippen molar-refractivity contribution in [3.63, 3.8) is 0 Å². The number of aliphatic imine (C=N–C) groups is 1. The van der Waals surface area contributed by atoms with E-state index in [1.54, 1.807) is 0 Å². The average Bonchev–Trinajstić information content (AvgIpc) is 2.34. The lowest BCUT2D eigenvalue weighted by atomic mass is 9.90. The van der Waals surface area contributed by atoms with E-state index in [1.165, 1.54) is 27.8 Å². The molecule has 1 aromatic rings. The second kappa shape index (κ2) is 4.09. The zero-order chi connectivity index (χ0) is 13.7. The molecule has 0 aromatic heterocycles. The van der Waals surface area contributed by atoms with Crippen LogP contribution in [-0.2, 0) is 0 Å². The molecule has 0 radical (unpaired) electrons. The highest BCUT2D eigenvalue weighted by atomic mass is 16.5. The number of hydrogen-bond donors (Lipinski definition) is 0. The lowest BCUT2D eigenvalue weighted by molar-refractivity contribution is 0.440. The monoisotopic (exact) mass is 253 g/mol. The van der Waals surface area contributed by atoms with E-state index >= 15 is 0 Å². The van der Waals surface area contributed by atoms with Crippen LogP contribution in [0.3, 0.4) is 0 Å². The molecule has 0 N–H and O–H groups in total. The second-order valence-corrected chi connectivity index (χ2v) is 5.68. The van der Waals surface area contributed by atoms with Crippen LogP contribution in [0.25, 0.3) is 0 Å². The summed E-state index contributed by atoms with van der Waals surface area (Å²) in [6, 6.07) is 4.23. The largest absolute Gasteiger partial charge is 0.453 e. The van der Waals surface area contributed by atoms with E-state index in [0.29, 0.717) is 0 Å². The minimum atomic E-state index is 0.892. The summed E-state index contributed by atoms with van der Waals surface area (Å²) in [5, 5.41) is 0. The molecule has 0 unspecified atom stereocenters. The first kappa shape index (κ1) is 12.2. The summed E-state index contributed by atoms with van der Waals surface area (Å²) in [6.45, 7) is 10.6. The van der Waals surface area contributed by atoms with Gasteiger partial charge >= 0.3 is 0 Å². The lowest BCUT2D eigenvalue weighted by Gasteiger charge is -2.27. The van der Waals surface area contributed by atoms with E-state index in [-0.39, 0.29) is 0 Å². The van der Waals surface area contributed by atoms with E-state index in [2.05, 4.69) is 46.8 Å². The highest BCUT2D eigenvalue weighted by Crippen LogP contribution is 2.41. The Bertz CT molecular complexity index is 675. The summed E-state index contributed by atoms with van der Waals surface area (Å²) >= 11 is 0. The predicted octanol–water partition coefficient (Wildman–Crippen LogP) is 4.78. The Balaban J connectivity index is 2.26. The molecule has 1 aromatic carbocycles. The molecule has 19 heavy (non-hydrogen) atoms. The number of hydrogen-bond acceptors (Lipinski definition) is 2. The molecule has 2 heteroatoms. The molecule has 0 amide bonds. The standard InChI is InChI=1S/C17H19NO/c1-9-6-11(3)15-14(7-9)19-17-12(4)8-10(2)13(5)16(17)18-15/h6-7H,8H2,1-5H3. The Hall–Kier alpha value is -1.83. The fraction of sp³-hybridized carbons (Fsp3) is 0.353. The molecular formula is C17H19NO. The van der Waals surface area contributed by atoms with Crippen molar-refractivity contribution in [1.82, 2.24) is 0 Å². The van der Waals surface area contributed by atoms with Crippen molar-refractivity contribution in [3.05, 3.63) is 45.7 Å². The summed E-state index contributed by atoms with van der Waals surface area (Å²) in [6.07, 6.45) is 0.986. The smallest absolute Gasteiger partial charge is 0.153 e. The number of fused-ring (bicyclic) bond motifs is 2. The van der Waals surface area contributed by atoms with Crippen LogP contribution in [-0.4, -0.2) is 5.71 Å². The summed E-state index contributed by atoms with van der Waals surface area (Å²) in [7, 11) is 0. The maximum absolute atomic E-state index is 6.14. The van der Waals surface area contributed by atoms with Crippen LogP contribution >= 0.6 is 0 Å². The first-order valence-corrected chi connectivity index (χ1v) is 6.72. The Morgan fingerprint density at radius 1 is 1.00 bits per heavy atom. The maximum Gasteiger partial charge on any atom is 0.153 e. The number of rotatable bonds is 0. The fourth-order valence-corrected chi connectivity index (χ4v) is 2.82. The third-order valence-corrected chi connectivity index (χ3v) is 3.97. The number of benzene rings is 1. The number of allylic oxidation sites excluding steroid dienone is 3. The van der Waals surface area contributed by atoms with Gasteiger partial charge in [0.05, 0.1) is 0 Å². The predicted molar refractivity (Wildman–Crippen MR) is 79.3 cm³/mol. The second-order valence-electron chi connectivity index (χ2n) is 5.68. The van der Waals surface area contributed by atoms with Gasteiger partial charge in [-0.25, -0.2) is 4.99 Å². The van der Waals surface area contributed by atoms with Crippen LogP contribution in [0.4, 0.5) is 5.69 Å². The van der Waals surface area contributed by atoms with Crippen molar-refractivity contribution in [3.8, 4) is 5.75 Å². The Kier molecular flexibility index (Phi) is 2.63. The van der Waals surface area contributed by atoms with Gasteiger partial charge in [0.1, 0.15) is 11.4 Å². The molecule has 3 rings (SSSR count). The normalized spacial score (nSPS) is 17.8. The SMILES string of the molecule is CC1=C(C)C2=Nc3c(C)cc(C)cc3OC2=C(C)C1. The Morgan fingerprint density at radius 2 is 1.74 bits per heavy atom. The van der Waals surface area contributed by atoms with Gasteiger partial charge in [-0.05, 0) is 69.4 Å². The van der Waals surface area contributed by atoms with Gasteiger partial charge in [0.2, 0.25) is 0 Å². The van der Waals surface area contributed by atoms with E-state index in [0.717, 1.165) is 29.3 Å². The average molecular weight is 253 g/mol. The van der Waals surface area contributed by atoms with Gasteiger partial charge in [-0.15, -0.1) is 0 Å². The molecule has 1 aliphatic carbocycles. The minimum absolute atomic E-state index is 0.892. The lowest BCUT2D eigenvalue weighted by Crippen LogP contribution is -2.20. The van der Waals surface area contributed by atoms with Crippen LogP contribution in [0.2, 0.25) is 0 Å². The number of ether oxygens (including phenoxy) is 1. The summed E-state index contributed by atoms with van der Waals surface area (Å²) in [5.74, 6) is 1.85. The molecule has 0 fully saturated rings. The summed E-state index contributed by atoms with van der Waals surface area (Å²) in [5.41, 5.74) is 8.30. The zero-order valence-electron chi connectivity index (χ0n) is 12.2. The Labute approximate surface area is 114 Å². The van der Waals surface area contributed by atoms with Gasteiger partial charge in [0.25, 0.3) is 0 Å². The topological polar surface area (TPSA) is 21.6 Å². The van der Waals surface area contributed by atoms with Crippen LogP contribution in [0.15, 0.2) is 39.6 Å². The third kappa shape index (κ3) is 1.83. The van der Waals surface area contributed by atoms with Crippen LogP contribution in [0, 0.1) is 13.8 Å². The van der Waals surface area contributed by atoms with Crippen molar-refractivity contribution in [2.45, 2.75) is 41.0 Å². The van der Waals surface area contributed by atoms with E-state index in [9.17, 15) is 0 Å². The molecule has 98 valence electrons. The molecule has 0 spiro atoms. The highest BCUT2D eigenvalue weighted by Gasteiger charge is 2.27. The molecular weight excluding hydrogens is 234 g/mol. The van der Waals surface area contributed by atoms with Crippen LogP contribution in [0.5, 0.6) is 5.75 Å². The molecule has 2 nitrogen and oxygen atoms in total. The quantitative estimate of drug-likeness (QED) is 0.652. The van der Waals surface area contributed by atoms with Crippen molar-refractivity contribution in [1.29, 1.82) is 0 Å². The van der Waals surface area contributed by atoms with Gasteiger partial charge in [0, 0.05) is 0 Å². The van der Waals surface area contributed by atoms with Crippen molar-refractivity contribution >= 4 is 11.4 Å². The summed E-state index contributed by atoms with van der Waals surface area (Å²) in [4.78, 5) is 4.87. The first-order valence-electron chi connectivity index (χ1n) is 6.72. The van der Waals surface area contributed by atoms with Gasteiger partial charge in [-0.3, -0.25) is 0 Å². The van der Waals surface area contributed by atoms with E-state index in [1.807, 2.05) is 0 Å². The fourth-order valence-electron chi connectivity index (χ4n) is 2.82. The molecule has 0 bridgehead atoms. The van der Waals surface area contributed by atoms with Gasteiger partial charge < -0.3 is 4.74 Å². The molecule has 1 heterocycles. The van der Waals surface area contributed by atoms with E-state index < -0.39 is 0 Å². The van der Waals surface area contributed by atoms with Crippen LogP contribution in [0.1, 0.15) is 38.3 Å². The zero-order valence-corrected chi connectivity index (χ0v) is 12.2. The van der Waals surface area contributed by atoms with Crippen LogP contribution < -0.4 is 4.74 Å². The first-order chi connectivity index (χ1) is 8.97. The van der Waals surface area contributed by atoms with Gasteiger partial charge in [0.15, 0.2) is 11.5 Å². The number of aryl methyl sites for hydroxylation is 2. The highest BCUT2D eigenvalue weighted by molar-refractivity contribution is 6.15. The van der Waals surface area contributed by atoms with Crippen molar-refractivity contribution in [2.24, 2.45) is 4.99 Å². The van der Waals surface area contributed by atoms with Gasteiger partial charge in [-0.1, -0.05) is 11.6 Å². The summed E-state index contributed by atoms with van der Waals surface area (Å²) < 4.78 is 6.14. The Morgan fingerprint density at radius 3 is 2.47 bits per heavy atom. The molecule has 0 saturated heterocycles. The van der Waals surface area contributed by atoms with Crippen molar-refractivity contribution < 1.29 is 4.74 Å². The minimum Gasteiger partial charge on any atom is -0.453 e. The maximum atomic E-state index is 6.14. The van der Waals surface area contributed by atoms with Gasteiger partial charge in [-0.2, -0.15) is 0 Å². The van der Waals surface area contributed by atoms with E-state index in [4.69, 9.17) is 9.73 Å².